The minimum absolute atomic E-state index is 0.0100. The molecule has 0 amide bonds. The monoisotopic (exact) mass is 238 g/mol. The fourth-order valence-corrected chi connectivity index (χ4v) is 1.60. The van der Waals surface area contributed by atoms with Gasteiger partial charge >= 0.3 is 5.97 Å². The van der Waals surface area contributed by atoms with Crippen molar-refractivity contribution < 1.29 is 18.3 Å². The van der Waals surface area contributed by atoms with Gasteiger partial charge in [-0.15, -0.1) is 0 Å². The van der Waals surface area contributed by atoms with Crippen molar-refractivity contribution in [1.29, 1.82) is 0 Å². The molecule has 0 aromatic carbocycles. The van der Waals surface area contributed by atoms with Crippen molar-refractivity contribution in [2.45, 2.75) is 19.8 Å². The fraction of sp³-hybridized carbons (Fsp3) is 0.875. The molecule has 0 spiro atoms. The van der Waals surface area contributed by atoms with Gasteiger partial charge in [0.25, 0.3) is 10.2 Å². The molecule has 0 radical (unpaired) electrons. The Hall–Kier alpha value is -0.660. The van der Waals surface area contributed by atoms with Crippen molar-refractivity contribution in [2.24, 2.45) is 5.92 Å². The van der Waals surface area contributed by atoms with Crippen molar-refractivity contribution in [3.63, 3.8) is 0 Å². The van der Waals surface area contributed by atoms with Crippen LogP contribution in [0.3, 0.4) is 0 Å². The Kier molecular flexibility index (Phi) is 5.77. The molecular weight excluding hydrogens is 220 g/mol. The summed E-state index contributed by atoms with van der Waals surface area (Å²) in [7, 11) is -0.526. The van der Waals surface area contributed by atoms with Crippen LogP contribution in [0.15, 0.2) is 0 Å². The summed E-state index contributed by atoms with van der Waals surface area (Å²) in [6.45, 7) is 2.06. The molecule has 0 aliphatic heterocycles. The van der Waals surface area contributed by atoms with E-state index >= 15 is 0 Å². The van der Waals surface area contributed by atoms with Crippen LogP contribution in [0.2, 0.25) is 0 Å². The van der Waals surface area contributed by atoms with E-state index in [0.717, 1.165) is 4.31 Å². The predicted octanol–water partition coefficient (Wildman–Crippen LogP) is -0.117. The van der Waals surface area contributed by atoms with E-state index in [-0.39, 0.29) is 18.9 Å². The minimum atomic E-state index is -3.40. The minimum Gasteiger partial charge on any atom is -0.481 e. The number of nitrogens with one attached hydrogen (secondary N) is 1. The standard InChI is InChI=1S/C8H18N2O4S/c1-7(4-5-8(11)12)6-9-15(13,14)10(2)3/h7,9H,4-6H2,1-3H3,(H,11,12). The predicted molar refractivity (Wildman–Crippen MR) is 56.6 cm³/mol. The Labute approximate surface area is 90.5 Å². The summed E-state index contributed by atoms with van der Waals surface area (Å²) in [5, 5.41) is 8.43. The van der Waals surface area contributed by atoms with E-state index in [9.17, 15) is 13.2 Å². The molecule has 0 saturated heterocycles. The van der Waals surface area contributed by atoms with Gasteiger partial charge in [-0.1, -0.05) is 6.92 Å². The quantitative estimate of drug-likeness (QED) is 0.647. The Bertz CT molecular complexity index is 300. The molecule has 0 saturated carbocycles. The topological polar surface area (TPSA) is 86.7 Å². The van der Waals surface area contributed by atoms with Crippen molar-refractivity contribution in [3.05, 3.63) is 0 Å². The SMILES string of the molecule is CC(CCC(=O)O)CNS(=O)(=O)N(C)C. The number of nitrogens with zero attached hydrogens (tertiary/aromatic N) is 1. The summed E-state index contributed by atoms with van der Waals surface area (Å²) in [4.78, 5) is 10.3. The fourth-order valence-electron chi connectivity index (χ4n) is 0.849. The van der Waals surface area contributed by atoms with Crippen LogP contribution in [-0.4, -0.2) is 44.4 Å². The summed E-state index contributed by atoms with van der Waals surface area (Å²) < 4.78 is 26.0. The molecule has 2 N–H and O–H groups in total. The normalized spacial score (nSPS) is 14.1. The number of carboxylic acids is 1. The van der Waals surface area contributed by atoms with Gasteiger partial charge in [0.2, 0.25) is 0 Å². The lowest BCUT2D eigenvalue weighted by atomic mass is 10.1. The van der Waals surface area contributed by atoms with Crippen LogP contribution in [0, 0.1) is 5.92 Å². The zero-order valence-corrected chi connectivity index (χ0v) is 10.0. The van der Waals surface area contributed by atoms with E-state index in [4.69, 9.17) is 5.11 Å². The molecule has 0 aromatic heterocycles. The third-order valence-corrected chi connectivity index (χ3v) is 3.44. The molecule has 15 heavy (non-hydrogen) atoms. The second kappa shape index (κ2) is 6.04. The Morgan fingerprint density at radius 3 is 2.40 bits per heavy atom. The van der Waals surface area contributed by atoms with Crippen LogP contribution in [0.25, 0.3) is 0 Å². The van der Waals surface area contributed by atoms with E-state index < -0.39 is 16.2 Å². The molecule has 7 heteroatoms. The van der Waals surface area contributed by atoms with E-state index in [0.29, 0.717) is 6.42 Å². The number of hydrogen-bond donors (Lipinski definition) is 2. The molecule has 0 rings (SSSR count). The Balaban J connectivity index is 3.91. The lowest BCUT2D eigenvalue weighted by Gasteiger charge is -2.15. The zero-order valence-electron chi connectivity index (χ0n) is 9.23. The first-order valence-corrected chi connectivity index (χ1v) is 6.08. The summed E-state index contributed by atoms with van der Waals surface area (Å²) in [6, 6.07) is 0. The number of rotatable bonds is 7. The van der Waals surface area contributed by atoms with Crippen molar-refractivity contribution in [3.8, 4) is 0 Å². The maximum atomic E-state index is 11.3. The molecule has 90 valence electrons. The van der Waals surface area contributed by atoms with Gasteiger partial charge in [-0.25, -0.2) is 4.72 Å². The van der Waals surface area contributed by atoms with Crippen LogP contribution >= 0.6 is 0 Å². The maximum Gasteiger partial charge on any atom is 0.303 e. The van der Waals surface area contributed by atoms with E-state index in [2.05, 4.69) is 4.72 Å². The van der Waals surface area contributed by atoms with Crippen LogP contribution < -0.4 is 4.72 Å². The van der Waals surface area contributed by atoms with Crippen molar-refractivity contribution >= 4 is 16.2 Å². The molecular formula is C8H18N2O4S. The summed E-state index contributed by atoms with van der Waals surface area (Å²) >= 11 is 0. The van der Waals surface area contributed by atoms with Crippen molar-refractivity contribution in [2.75, 3.05) is 20.6 Å². The molecule has 1 unspecified atom stereocenters. The zero-order chi connectivity index (χ0) is 12.1. The lowest BCUT2D eigenvalue weighted by molar-refractivity contribution is -0.137. The molecule has 0 aliphatic rings. The number of hydrogen-bond acceptors (Lipinski definition) is 3. The van der Waals surface area contributed by atoms with Gasteiger partial charge in [-0.05, 0) is 12.3 Å². The maximum absolute atomic E-state index is 11.3. The largest absolute Gasteiger partial charge is 0.481 e. The van der Waals surface area contributed by atoms with Gasteiger partial charge in [0, 0.05) is 27.1 Å². The molecule has 0 aromatic rings. The third-order valence-electron chi connectivity index (χ3n) is 1.95. The van der Waals surface area contributed by atoms with Crippen LogP contribution in [-0.2, 0) is 15.0 Å². The molecule has 0 heterocycles. The van der Waals surface area contributed by atoms with Gasteiger partial charge in [0.1, 0.15) is 0 Å². The van der Waals surface area contributed by atoms with Gasteiger partial charge < -0.3 is 5.11 Å². The second-order valence-corrected chi connectivity index (χ2v) is 5.64. The Morgan fingerprint density at radius 2 is 2.00 bits per heavy atom. The highest BCUT2D eigenvalue weighted by Gasteiger charge is 2.14. The Morgan fingerprint density at radius 1 is 1.47 bits per heavy atom. The van der Waals surface area contributed by atoms with Gasteiger partial charge in [-0.3, -0.25) is 4.79 Å². The van der Waals surface area contributed by atoms with Crippen molar-refractivity contribution in [1.82, 2.24) is 9.03 Å². The first-order chi connectivity index (χ1) is 6.75. The molecule has 0 bridgehead atoms. The summed E-state index contributed by atoms with van der Waals surface area (Å²) in [6.07, 6.45) is 0.524. The van der Waals surface area contributed by atoms with Crippen LogP contribution in [0.5, 0.6) is 0 Å². The number of carboxylic acid groups (broad SMARTS) is 1. The molecule has 6 nitrogen and oxygen atoms in total. The third kappa shape index (κ3) is 6.43. The van der Waals surface area contributed by atoms with E-state index in [1.807, 2.05) is 0 Å². The van der Waals surface area contributed by atoms with E-state index in [1.165, 1.54) is 14.1 Å². The summed E-state index contributed by atoms with van der Waals surface area (Å²) in [5.74, 6) is -0.854. The smallest absolute Gasteiger partial charge is 0.303 e. The van der Waals surface area contributed by atoms with Gasteiger partial charge in [0.15, 0.2) is 0 Å². The molecule has 1 atom stereocenters. The average Bonchev–Trinajstić information content (AvgIpc) is 2.11. The number of carbonyl (C=O) groups is 1. The first-order valence-electron chi connectivity index (χ1n) is 4.64. The second-order valence-electron chi connectivity index (χ2n) is 3.67. The van der Waals surface area contributed by atoms with E-state index in [1.54, 1.807) is 6.92 Å². The van der Waals surface area contributed by atoms with Gasteiger partial charge in [0.05, 0.1) is 0 Å². The average molecular weight is 238 g/mol. The highest BCUT2D eigenvalue weighted by Crippen LogP contribution is 2.04. The van der Waals surface area contributed by atoms with Gasteiger partial charge in [-0.2, -0.15) is 12.7 Å². The summed E-state index contributed by atoms with van der Waals surface area (Å²) in [5.41, 5.74) is 0. The highest BCUT2D eigenvalue weighted by atomic mass is 32.2. The highest BCUT2D eigenvalue weighted by molar-refractivity contribution is 7.87. The van der Waals surface area contributed by atoms with Crippen LogP contribution in [0.4, 0.5) is 0 Å². The lowest BCUT2D eigenvalue weighted by Crippen LogP contribution is -2.37. The molecule has 0 aliphatic carbocycles. The van der Waals surface area contributed by atoms with Crippen LogP contribution in [0.1, 0.15) is 19.8 Å². The number of aliphatic carboxylic acids is 1. The first kappa shape index (κ1) is 14.3. The molecule has 0 fully saturated rings.